The summed E-state index contributed by atoms with van der Waals surface area (Å²) in [6.07, 6.45) is 8.91. The van der Waals surface area contributed by atoms with Crippen LogP contribution in [0.2, 0.25) is 0 Å². The zero-order chi connectivity index (χ0) is 16.7. The van der Waals surface area contributed by atoms with Gasteiger partial charge in [-0.05, 0) is 57.6 Å². The van der Waals surface area contributed by atoms with Crippen molar-refractivity contribution in [3.8, 4) is 0 Å². The monoisotopic (exact) mass is 310 g/mol. The maximum absolute atomic E-state index is 4.77. The van der Waals surface area contributed by atoms with Gasteiger partial charge in [0.15, 0.2) is 0 Å². The van der Waals surface area contributed by atoms with Gasteiger partial charge in [0.25, 0.3) is 0 Å². The molecule has 1 aromatic rings. The third kappa shape index (κ3) is 4.89. The minimum absolute atomic E-state index is 0.764. The fourth-order valence-electron chi connectivity index (χ4n) is 3.35. The molecule has 0 spiro atoms. The highest BCUT2D eigenvalue weighted by Gasteiger charge is 2.15. The molecule has 2 heteroatoms. The molecule has 23 heavy (non-hydrogen) atoms. The molecule has 1 fully saturated rings. The lowest BCUT2D eigenvalue weighted by Gasteiger charge is -2.22. The van der Waals surface area contributed by atoms with Gasteiger partial charge in [-0.1, -0.05) is 49.6 Å². The summed E-state index contributed by atoms with van der Waals surface area (Å²) in [7, 11) is 0. The molecule has 0 aliphatic heterocycles. The van der Waals surface area contributed by atoms with E-state index in [1.165, 1.54) is 43.2 Å². The molecule has 0 aromatic heterocycles. The average Bonchev–Trinajstić information content (AvgIpc) is 2.60. The molecule has 1 saturated carbocycles. The van der Waals surface area contributed by atoms with Crippen LogP contribution in [0.4, 0.5) is 0 Å². The summed E-state index contributed by atoms with van der Waals surface area (Å²) in [5.74, 6) is 0.764. The summed E-state index contributed by atoms with van der Waals surface area (Å²) < 4.78 is 0. The topological polar surface area (TPSA) is 24.7 Å². The van der Waals surface area contributed by atoms with E-state index in [-0.39, 0.29) is 0 Å². The van der Waals surface area contributed by atoms with E-state index in [4.69, 9.17) is 4.99 Å². The van der Waals surface area contributed by atoms with Crippen molar-refractivity contribution in [2.24, 2.45) is 9.98 Å². The summed E-state index contributed by atoms with van der Waals surface area (Å²) >= 11 is 0. The third-order valence-electron chi connectivity index (χ3n) is 4.73. The Balaban J connectivity index is 2.14. The van der Waals surface area contributed by atoms with E-state index in [0.717, 1.165) is 29.6 Å². The van der Waals surface area contributed by atoms with Gasteiger partial charge >= 0.3 is 0 Å². The SMILES string of the molecule is C/C=C(/N=C(C)c1ccc(C2CCCCC2)cc1)C(C)=NCC. The van der Waals surface area contributed by atoms with Crippen molar-refractivity contribution in [3.63, 3.8) is 0 Å². The van der Waals surface area contributed by atoms with Crippen molar-refractivity contribution in [3.05, 3.63) is 47.2 Å². The second-order valence-electron chi connectivity index (χ2n) is 6.39. The molecule has 1 aliphatic carbocycles. The van der Waals surface area contributed by atoms with Gasteiger partial charge in [0.05, 0.1) is 11.4 Å². The van der Waals surface area contributed by atoms with Crippen LogP contribution < -0.4 is 0 Å². The van der Waals surface area contributed by atoms with Crippen molar-refractivity contribution < 1.29 is 0 Å². The van der Waals surface area contributed by atoms with E-state index in [2.05, 4.69) is 43.1 Å². The van der Waals surface area contributed by atoms with Crippen LogP contribution in [0.25, 0.3) is 0 Å². The number of rotatable bonds is 5. The second-order valence-corrected chi connectivity index (χ2v) is 6.39. The van der Waals surface area contributed by atoms with Gasteiger partial charge in [0, 0.05) is 12.3 Å². The normalized spacial score (nSPS) is 18.3. The van der Waals surface area contributed by atoms with Crippen LogP contribution in [0, 0.1) is 0 Å². The summed E-state index contributed by atoms with van der Waals surface area (Å²) in [6.45, 7) is 8.98. The Labute approximate surface area is 141 Å². The van der Waals surface area contributed by atoms with Gasteiger partial charge in [-0.25, -0.2) is 0 Å². The molecule has 0 unspecified atom stereocenters. The van der Waals surface area contributed by atoms with E-state index >= 15 is 0 Å². The molecule has 2 nitrogen and oxygen atoms in total. The third-order valence-corrected chi connectivity index (χ3v) is 4.73. The molecule has 2 rings (SSSR count). The summed E-state index contributed by atoms with van der Waals surface area (Å²) in [4.78, 5) is 9.23. The Hall–Kier alpha value is -1.70. The quantitative estimate of drug-likeness (QED) is 0.602. The Morgan fingerprint density at radius 3 is 2.30 bits per heavy atom. The van der Waals surface area contributed by atoms with Crippen LogP contribution in [0.3, 0.4) is 0 Å². The molecule has 0 bridgehead atoms. The van der Waals surface area contributed by atoms with Crippen molar-refractivity contribution >= 4 is 11.4 Å². The van der Waals surface area contributed by atoms with Crippen LogP contribution in [0.1, 0.15) is 76.8 Å². The highest BCUT2D eigenvalue weighted by atomic mass is 14.8. The molecule has 1 aromatic carbocycles. The molecule has 0 saturated heterocycles. The maximum atomic E-state index is 4.77. The summed E-state index contributed by atoms with van der Waals surface area (Å²) in [6, 6.07) is 9.05. The van der Waals surface area contributed by atoms with Crippen LogP contribution >= 0.6 is 0 Å². The lowest BCUT2D eigenvalue weighted by atomic mass is 9.84. The van der Waals surface area contributed by atoms with E-state index < -0.39 is 0 Å². The fourth-order valence-corrected chi connectivity index (χ4v) is 3.35. The van der Waals surface area contributed by atoms with Gasteiger partial charge in [-0.15, -0.1) is 0 Å². The molecule has 0 amide bonds. The zero-order valence-corrected chi connectivity index (χ0v) is 15.1. The first-order valence-electron chi connectivity index (χ1n) is 8.99. The Morgan fingerprint density at radius 2 is 1.74 bits per heavy atom. The van der Waals surface area contributed by atoms with Gasteiger partial charge in [0.2, 0.25) is 0 Å². The van der Waals surface area contributed by atoms with E-state index in [0.29, 0.717) is 0 Å². The summed E-state index contributed by atoms with van der Waals surface area (Å²) in [5, 5.41) is 0. The van der Waals surface area contributed by atoms with E-state index in [1.54, 1.807) is 0 Å². The number of hydrogen-bond donors (Lipinski definition) is 0. The minimum atomic E-state index is 0.764. The molecule has 0 radical (unpaired) electrons. The number of benzene rings is 1. The number of aliphatic imine (C=N–C) groups is 2. The van der Waals surface area contributed by atoms with Crippen LogP contribution in [-0.2, 0) is 0 Å². The predicted octanol–water partition coefficient (Wildman–Crippen LogP) is 5.93. The molecular formula is C21H30N2. The predicted molar refractivity (Wildman–Crippen MR) is 102 cm³/mol. The molecule has 0 heterocycles. The first kappa shape index (κ1) is 17.7. The number of hydrogen-bond acceptors (Lipinski definition) is 2. The average molecular weight is 310 g/mol. The molecular weight excluding hydrogens is 280 g/mol. The second kappa shape index (κ2) is 8.81. The molecule has 124 valence electrons. The minimum Gasteiger partial charge on any atom is -0.288 e. The Bertz CT molecular complexity index is 585. The highest BCUT2D eigenvalue weighted by Crippen LogP contribution is 2.32. The fraction of sp³-hybridized carbons (Fsp3) is 0.524. The van der Waals surface area contributed by atoms with Gasteiger partial charge in [-0.3, -0.25) is 9.98 Å². The van der Waals surface area contributed by atoms with Crippen LogP contribution in [0.5, 0.6) is 0 Å². The van der Waals surface area contributed by atoms with Crippen molar-refractivity contribution in [1.82, 2.24) is 0 Å². The highest BCUT2D eigenvalue weighted by molar-refractivity contribution is 6.05. The Morgan fingerprint density at radius 1 is 1.09 bits per heavy atom. The van der Waals surface area contributed by atoms with E-state index in [1.807, 2.05) is 19.9 Å². The van der Waals surface area contributed by atoms with Gasteiger partial charge in [0.1, 0.15) is 0 Å². The number of allylic oxidation sites excluding steroid dienone is 2. The van der Waals surface area contributed by atoms with E-state index in [9.17, 15) is 0 Å². The maximum Gasteiger partial charge on any atom is 0.0797 e. The number of nitrogens with zero attached hydrogens (tertiary/aromatic N) is 2. The largest absolute Gasteiger partial charge is 0.288 e. The standard InChI is InChI=1S/C21H30N2/c1-5-21(17(4)22-6-2)23-16(3)18-12-14-20(15-13-18)19-10-8-7-9-11-19/h5,12-15,19H,6-11H2,1-4H3/b21-5+,22-17?,23-16?. The first-order valence-corrected chi connectivity index (χ1v) is 8.99. The molecule has 1 aliphatic rings. The van der Waals surface area contributed by atoms with Crippen LogP contribution in [-0.4, -0.2) is 18.0 Å². The molecule has 0 N–H and O–H groups in total. The lowest BCUT2D eigenvalue weighted by molar-refractivity contribution is 0.443. The van der Waals surface area contributed by atoms with Gasteiger partial charge < -0.3 is 0 Å². The molecule has 0 atom stereocenters. The van der Waals surface area contributed by atoms with Crippen molar-refractivity contribution in [1.29, 1.82) is 0 Å². The smallest absolute Gasteiger partial charge is 0.0797 e. The van der Waals surface area contributed by atoms with Gasteiger partial charge in [-0.2, -0.15) is 0 Å². The zero-order valence-electron chi connectivity index (χ0n) is 15.1. The first-order chi connectivity index (χ1) is 11.2. The van der Waals surface area contributed by atoms with Crippen molar-refractivity contribution in [2.75, 3.05) is 6.54 Å². The van der Waals surface area contributed by atoms with Crippen LogP contribution in [0.15, 0.2) is 46.0 Å². The summed E-state index contributed by atoms with van der Waals surface area (Å²) in [5.41, 5.74) is 5.73. The van der Waals surface area contributed by atoms with Crippen molar-refractivity contribution in [2.45, 2.75) is 65.7 Å². The Kier molecular flexibility index (Phi) is 6.76. The lowest BCUT2D eigenvalue weighted by Crippen LogP contribution is -2.05.